The lowest BCUT2D eigenvalue weighted by atomic mass is 10.1. The second kappa shape index (κ2) is 12.1. The Kier molecular flexibility index (Phi) is 8.44. The maximum atomic E-state index is 13.6. The van der Waals surface area contributed by atoms with Gasteiger partial charge in [-0.1, -0.05) is 35.5 Å². The zero-order chi connectivity index (χ0) is 27.1. The van der Waals surface area contributed by atoms with Crippen molar-refractivity contribution in [3.8, 4) is 0 Å². The Balaban J connectivity index is 1.67. The Morgan fingerprint density at radius 2 is 1.58 bits per heavy atom. The van der Waals surface area contributed by atoms with Crippen LogP contribution in [0, 0.1) is 27.2 Å². The van der Waals surface area contributed by atoms with Crippen molar-refractivity contribution >= 4 is 29.0 Å². The Morgan fingerprint density at radius 3 is 2.21 bits per heavy atom. The van der Waals surface area contributed by atoms with Crippen molar-refractivity contribution < 1.29 is 14.6 Å². The van der Waals surface area contributed by atoms with Crippen LogP contribution in [-0.2, 0) is 13.0 Å². The van der Waals surface area contributed by atoms with Gasteiger partial charge in [0.2, 0.25) is 0 Å². The molecule has 0 spiro atoms. The Morgan fingerprint density at radius 1 is 0.895 bits per heavy atom. The lowest BCUT2D eigenvalue weighted by Gasteiger charge is -2.24. The molecule has 0 radical (unpaired) electrons. The predicted octanol–water partition coefficient (Wildman–Crippen LogP) is 6.24. The number of hydrogen-bond acceptors (Lipinski definition) is 7. The number of hydrogen-bond donors (Lipinski definition) is 0. The first-order valence-electron chi connectivity index (χ1n) is 11.8. The minimum atomic E-state index is -0.523. The molecule has 4 aromatic rings. The van der Waals surface area contributed by atoms with E-state index >= 15 is 0 Å². The highest BCUT2D eigenvalue weighted by Gasteiger charge is 2.21. The molecule has 0 N–H and O–H groups in total. The molecule has 0 aliphatic heterocycles. The molecule has 1 aromatic heterocycles. The van der Waals surface area contributed by atoms with E-state index in [1.54, 1.807) is 23.2 Å². The average molecular weight is 529 g/mol. The van der Waals surface area contributed by atoms with Crippen molar-refractivity contribution in [2.45, 2.75) is 29.7 Å². The van der Waals surface area contributed by atoms with Crippen molar-refractivity contribution in [2.75, 3.05) is 6.54 Å². The third-order valence-corrected chi connectivity index (χ3v) is 6.97. The normalized spacial score (nSPS) is 10.7. The largest absolute Gasteiger partial charge is 0.334 e. The number of pyridine rings is 1. The summed E-state index contributed by atoms with van der Waals surface area (Å²) in [5, 5.41) is 22.6. The van der Waals surface area contributed by atoms with Gasteiger partial charge in [0, 0.05) is 71.0 Å². The lowest BCUT2D eigenvalue weighted by Crippen LogP contribution is -2.33. The molecule has 1 heterocycles. The molecule has 38 heavy (non-hydrogen) atoms. The van der Waals surface area contributed by atoms with Gasteiger partial charge in [0.15, 0.2) is 0 Å². The summed E-state index contributed by atoms with van der Waals surface area (Å²) >= 11 is 1.46. The molecule has 0 bridgehead atoms. The van der Waals surface area contributed by atoms with Gasteiger partial charge in [-0.15, -0.1) is 0 Å². The fraction of sp³-hybridized carbons (Fsp3) is 0.143. The van der Waals surface area contributed by atoms with Crippen LogP contribution >= 0.6 is 11.8 Å². The molecule has 10 heteroatoms. The maximum absolute atomic E-state index is 13.6. The molecule has 0 saturated heterocycles. The van der Waals surface area contributed by atoms with Crippen LogP contribution < -0.4 is 0 Å². The average Bonchev–Trinajstić information content (AvgIpc) is 2.93. The SMILES string of the molecule is Cc1ccc(Sc2ccc([N+](=O)[O-])cc2CN(CCc2ccccn2)C(=O)c2ccc([N+](=O)[O-])cc2)cc1. The smallest absolute Gasteiger partial charge is 0.269 e. The number of nitrogens with zero attached hydrogens (tertiary/aromatic N) is 4. The van der Waals surface area contributed by atoms with E-state index in [1.165, 1.54) is 48.2 Å². The molecule has 0 atom stereocenters. The fourth-order valence-corrected chi connectivity index (χ4v) is 4.71. The van der Waals surface area contributed by atoms with Gasteiger partial charge >= 0.3 is 0 Å². The monoisotopic (exact) mass is 528 g/mol. The fourth-order valence-electron chi connectivity index (χ4n) is 3.80. The van der Waals surface area contributed by atoms with Crippen LogP contribution in [0.15, 0.2) is 101 Å². The minimum absolute atomic E-state index is 0.0688. The zero-order valence-corrected chi connectivity index (χ0v) is 21.3. The molecular formula is C28H24N4O5S. The van der Waals surface area contributed by atoms with Crippen molar-refractivity contribution in [1.82, 2.24) is 9.88 Å². The summed E-state index contributed by atoms with van der Waals surface area (Å²) in [5.74, 6) is -0.339. The van der Waals surface area contributed by atoms with E-state index in [9.17, 15) is 25.0 Å². The predicted molar refractivity (Wildman–Crippen MR) is 144 cm³/mol. The molecule has 3 aromatic carbocycles. The molecule has 0 saturated carbocycles. The maximum Gasteiger partial charge on any atom is 0.269 e. The van der Waals surface area contributed by atoms with Gasteiger partial charge in [0.1, 0.15) is 0 Å². The summed E-state index contributed by atoms with van der Waals surface area (Å²) in [7, 11) is 0. The highest BCUT2D eigenvalue weighted by atomic mass is 32.2. The first kappa shape index (κ1) is 26.5. The molecule has 4 rings (SSSR count). The molecule has 192 valence electrons. The number of non-ortho nitro benzene ring substituents is 2. The second-order valence-electron chi connectivity index (χ2n) is 8.57. The van der Waals surface area contributed by atoms with E-state index in [1.807, 2.05) is 43.3 Å². The number of nitro benzene ring substituents is 2. The Bertz CT molecular complexity index is 1440. The van der Waals surface area contributed by atoms with Crippen LogP contribution in [-0.4, -0.2) is 32.2 Å². The van der Waals surface area contributed by atoms with Gasteiger partial charge in [0.25, 0.3) is 17.3 Å². The van der Waals surface area contributed by atoms with Gasteiger partial charge in [-0.25, -0.2) is 0 Å². The van der Waals surface area contributed by atoms with Crippen molar-refractivity contribution in [1.29, 1.82) is 0 Å². The molecule has 0 aliphatic carbocycles. The van der Waals surface area contributed by atoms with Crippen LogP contribution in [0.5, 0.6) is 0 Å². The number of nitro groups is 2. The molecule has 1 amide bonds. The van der Waals surface area contributed by atoms with E-state index in [4.69, 9.17) is 0 Å². The van der Waals surface area contributed by atoms with E-state index in [0.717, 1.165) is 21.0 Å². The van der Waals surface area contributed by atoms with Crippen molar-refractivity contribution in [3.63, 3.8) is 0 Å². The summed E-state index contributed by atoms with van der Waals surface area (Å²) in [6.45, 7) is 2.40. The topological polar surface area (TPSA) is 119 Å². The number of benzene rings is 3. The quantitative estimate of drug-likeness (QED) is 0.176. The van der Waals surface area contributed by atoms with Gasteiger partial charge in [-0.05, 0) is 55.0 Å². The van der Waals surface area contributed by atoms with Crippen LogP contribution in [0.1, 0.15) is 27.2 Å². The van der Waals surface area contributed by atoms with E-state index in [-0.39, 0.29) is 29.4 Å². The minimum Gasteiger partial charge on any atom is -0.334 e. The van der Waals surface area contributed by atoms with E-state index < -0.39 is 9.85 Å². The highest BCUT2D eigenvalue weighted by molar-refractivity contribution is 7.99. The number of carbonyl (C=O) groups is 1. The number of carbonyl (C=O) groups excluding carboxylic acids is 1. The van der Waals surface area contributed by atoms with Crippen molar-refractivity contribution in [3.05, 3.63) is 134 Å². The Labute approximate surface area is 223 Å². The first-order valence-corrected chi connectivity index (χ1v) is 12.6. The first-order chi connectivity index (χ1) is 18.3. The summed E-state index contributed by atoms with van der Waals surface area (Å²) in [4.78, 5) is 42.9. The number of rotatable bonds is 10. The van der Waals surface area contributed by atoms with E-state index in [2.05, 4.69) is 4.98 Å². The van der Waals surface area contributed by atoms with Crippen LogP contribution in [0.2, 0.25) is 0 Å². The third-order valence-electron chi connectivity index (χ3n) is 5.84. The summed E-state index contributed by atoms with van der Waals surface area (Å²) in [5.41, 5.74) is 2.64. The van der Waals surface area contributed by atoms with Crippen molar-refractivity contribution in [2.24, 2.45) is 0 Å². The van der Waals surface area contributed by atoms with Crippen LogP contribution in [0.4, 0.5) is 11.4 Å². The molecule has 9 nitrogen and oxygen atoms in total. The molecule has 0 unspecified atom stereocenters. The number of aromatic nitrogens is 1. The van der Waals surface area contributed by atoms with E-state index in [0.29, 0.717) is 18.5 Å². The van der Waals surface area contributed by atoms with Gasteiger partial charge < -0.3 is 4.90 Å². The standard InChI is InChI=1S/C28H24N4O5S/c1-20-5-12-26(13-6-20)38-27-14-11-25(32(36)37)18-22(27)19-30(17-15-23-4-2-3-16-29-23)28(33)21-7-9-24(10-8-21)31(34)35/h2-14,16,18H,15,17,19H2,1H3. The van der Waals surface area contributed by atoms with Gasteiger partial charge in [-0.2, -0.15) is 0 Å². The molecule has 0 fully saturated rings. The second-order valence-corrected chi connectivity index (χ2v) is 9.68. The number of amides is 1. The van der Waals surface area contributed by atoms with Gasteiger partial charge in [0.05, 0.1) is 9.85 Å². The number of aryl methyl sites for hydroxylation is 1. The lowest BCUT2D eigenvalue weighted by molar-refractivity contribution is -0.385. The highest BCUT2D eigenvalue weighted by Crippen LogP contribution is 2.34. The molecule has 0 aliphatic rings. The van der Waals surface area contributed by atoms with Gasteiger partial charge in [-0.3, -0.25) is 30.0 Å². The summed E-state index contributed by atoms with van der Waals surface area (Å²) in [6, 6.07) is 23.5. The summed E-state index contributed by atoms with van der Waals surface area (Å²) < 4.78 is 0. The van der Waals surface area contributed by atoms with Crippen LogP contribution in [0.25, 0.3) is 0 Å². The summed E-state index contributed by atoms with van der Waals surface area (Å²) in [6.07, 6.45) is 2.14. The third kappa shape index (κ3) is 6.80. The molecular weight excluding hydrogens is 504 g/mol. The Hall–Kier alpha value is -4.57. The zero-order valence-electron chi connectivity index (χ0n) is 20.5. The van der Waals surface area contributed by atoms with Crippen LogP contribution in [0.3, 0.4) is 0 Å².